The number of fused-ring (bicyclic) bond motifs is 2. The molecule has 7 N–H and O–H groups in total. The molecule has 1 aliphatic rings. The van der Waals surface area contributed by atoms with Gasteiger partial charge in [-0.05, 0) is 12.1 Å². The molecular weight excluding hydrogens is 703 g/mol. The van der Waals surface area contributed by atoms with Crippen molar-refractivity contribution in [3.63, 3.8) is 0 Å². The van der Waals surface area contributed by atoms with E-state index in [1.807, 2.05) is 0 Å². The Morgan fingerprint density at radius 3 is 2.31 bits per heavy atom. The molecule has 0 saturated carbocycles. The summed E-state index contributed by atoms with van der Waals surface area (Å²) in [6.45, 7) is -1.02. The van der Waals surface area contributed by atoms with Gasteiger partial charge in [0.15, 0.2) is 23.5 Å². The lowest BCUT2D eigenvalue weighted by molar-refractivity contribution is -0.0503. The van der Waals surface area contributed by atoms with E-state index in [0.29, 0.717) is 0 Å². The molecule has 5 aromatic rings. The van der Waals surface area contributed by atoms with Crippen molar-refractivity contribution in [3.8, 4) is 17.1 Å². The number of aromatic nitrogens is 4. The van der Waals surface area contributed by atoms with Crippen LogP contribution in [0.2, 0.25) is 0 Å². The molecule has 1 aliphatic heterocycles. The van der Waals surface area contributed by atoms with Crippen molar-refractivity contribution >= 4 is 51.4 Å². The zero-order valence-electron chi connectivity index (χ0n) is 23.9. The smallest absolute Gasteiger partial charge is 0.452 e. The Kier molecular flexibility index (Phi) is 9.12. The van der Waals surface area contributed by atoms with Crippen LogP contribution < -0.4 is 15.7 Å². The van der Waals surface area contributed by atoms with Crippen LogP contribution in [0.4, 0.5) is 5.82 Å². The number of rotatable bonds is 11. The maximum absolute atomic E-state index is 13.2. The van der Waals surface area contributed by atoms with Crippen LogP contribution in [0.25, 0.3) is 33.5 Å². The van der Waals surface area contributed by atoms with Crippen LogP contribution >= 0.6 is 23.5 Å². The highest BCUT2D eigenvalue weighted by atomic mass is 31.3. The van der Waals surface area contributed by atoms with E-state index in [9.17, 15) is 43.4 Å². The van der Waals surface area contributed by atoms with E-state index in [4.69, 9.17) is 19.4 Å². The molecule has 20 nitrogen and oxygen atoms in total. The van der Waals surface area contributed by atoms with Crippen LogP contribution in [0.15, 0.2) is 76.5 Å². The average molecular weight is 727 g/mol. The van der Waals surface area contributed by atoms with E-state index >= 15 is 0 Å². The highest BCUT2D eigenvalue weighted by Crippen LogP contribution is 2.67. The Balaban J connectivity index is 1.15. The van der Waals surface area contributed by atoms with Crippen molar-refractivity contribution in [2.24, 2.45) is 0 Å². The number of anilines is 1. The maximum atomic E-state index is 13.2. The summed E-state index contributed by atoms with van der Waals surface area (Å²) in [6, 6.07) is 13.6. The molecule has 0 spiro atoms. The Morgan fingerprint density at radius 1 is 0.875 bits per heavy atom. The van der Waals surface area contributed by atoms with Gasteiger partial charge in [0.05, 0.1) is 18.3 Å². The summed E-state index contributed by atoms with van der Waals surface area (Å²) in [4.78, 5) is 55.6. The van der Waals surface area contributed by atoms with Gasteiger partial charge in [-0.15, -0.1) is 0 Å². The molecule has 6 rings (SSSR count). The maximum Gasteiger partial charge on any atom is 0.536 e. The third-order valence-corrected chi connectivity index (χ3v) is 11.0. The van der Waals surface area contributed by atoms with Gasteiger partial charge in [0, 0.05) is 5.56 Å². The molecular formula is C25H24N5O15P3. The predicted octanol–water partition coefficient (Wildman–Crippen LogP) is 2.23. The summed E-state index contributed by atoms with van der Waals surface area (Å²) in [5, 5.41) is 20.9. The standard InChI is InChI=1S/C25H24N5O15P3/c26-23-17-24(28-11-27-23)30(12-29-17)25-20(33)19(32)16(42-25)10-40-46(34,35)44-48(38,39)45-47(36,37)43-22-18(31)14-8-4-5-9-15(14)41-21(22)13-6-2-1-3-7-13/h1-9,11-12,16,19-20,25,32-33H,10H2,(H,34,35)(H,36,37)(H,38,39)(H2,26,27,28)/t16-,19-,20-,25-/m1/s1. The number of benzene rings is 2. The fourth-order valence-electron chi connectivity index (χ4n) is 4.74. The highest BCUT2D eigenvalue weighted by molar-refractivity contribution is 7.67. The molecule has 3 unspecified atom stereocenters. The van der Waals surface area contributed by atoms with Gasteiger partial charge in [-0.3, -0.25) is 18.8 Å². The number of aliphatic hydroxyl groups is 2. The summed E-state index contributed by atoms with van der Waals surface area (Å²) in [6.07, 6.45) is -3.94. The number of hydrogen-bond donors (Lipinski definition) is 6. The van der Waals surface area contributed by atoms with Crippen LogP contribution in [0, 0.1) is 0 Å². The fourth-order valence-corrected chi connectivity index (χ4v) is 8.27. The first-order chi connectivity index (χ1) is 22.6. The number of para-hydroxylation sites is 1. The van der Waals surface area contributed by atoms with Gasteiger partial charge >= 0.3 is 23.5 Å². The SMILES string of the molecule is Nc1ncnc2c1ncn2[C@@H]1O[C@H](COP(=O)(O)OP(=O)(O)OP(=O)(O)Oc2c(-c3ccccc3)oc3ccccc3c2=O)[C@@H](O)[C@H]1O. The van der Waals surface area contributed by atoms with E-state index in [1.54, 1.807) is 24.3 Å². The summed E-state index contributed by atoms with van der Waals surface area (Å²) in [5.41, 5.74) is 5.40. The minimum absolute atomic E-state index is 0.0240. The number of nitrogens with two attached hydrogens (primary N) is 1. The Bertz CT molecular complexity index is 2200. The van der Waals surface area contributed by atoms with Gasteiger partial charge in [-0.2, -0.15) is 8.62 Å². The van der Waals surface area contributed by atoms with Crippen LogP contribution in [0.3, 0.4) is 0 Å². The first kappa shape index (κ1) is 34.0. The molecule has 4 heterocycles. The number of nitrogens with zero attached hydrogens (tertiary/aromatic N) is 4. The number of aliphatic hydroxyl groups excluding tert-OH is 2. The van der Waals surface area contributed by atoms with E-state index in [1.165, 1.54) is 41.2 Å². The third-order valence-electron chi connectivity index (χ3n) is 6.81. The molecule has 23 heteroatoms. The minimum atomic E-state index is -6.00. The first-order valence-electron chi connectivity index (χ1n) is 13.5. The van der Waals surface area contributed by atoms with Crippen molar-refractivity contribution in [1.82, 2.24) is 19.5 Å². The second-order valence-corrected chi connectivity index (χ2v) is 14.6. The van der Waals surface area contributed by atoms with Gasteiger partial charge < -0.3 is 39.4 Å². The zero-order chi connectivity index (χ0) is 34.4. The molecule has 0 aliphatic carbocycles. The Labute approximate surface area is 267 Å². The average Bonchev–Trinajstić information content (AvgIpc) is 3.58. The second kappa shape index (κ2) is 12.9. The molecule has 254 valence electrons. The quantitative estimate of drug-likeness (QED) is 0.106. The van der Waals surface area contributed by atoms with Gasteiger partial charge in [-0.1, -0.05) is 42.5 Å². The normalized spacial score (nSPS) is 23.4. The number of phosphoric acid groups is 3. The van der Waals surface area contributed by atoms with Crippen molar-refractivity contribution in [1.29, 1.82) is 0 Å². The largest absolute Gasteiger partial charge is 0.536 e. The fraction of sp³-hybridized carbons (Fsp3) is 0.200. The molecule has 0 amide bonds. The molecule has 0 radical (unpaired) electrons. The molecule has 48 heavy (non-hydrogen) atoms. The van der Waals surface area contributed by atoms with Crippen LogP contribution in [0.1, 0.15) is 6.23 Å². The molecule has 2 aromatic carbocycles. The molecule has 3 aromatic heterocycles. The summed E-state index contributed by atoms with van der Waals surface area (Å²) >= 11 is 0. The van der Waals surface area contributed by atoms with Gasteiger partial charge in [-0.25, -0.2) is 28.6 Å². The minimum Gasteiger partial charge on any atom is -0.452 e. The Morgan fingerprint density at radius 2 is 1.56 bits per heavy atom. The van der Waals surface area contributed by atoms with Crippen LogP contribution in [-0.4, -0.2) is 69.3 Å². The zero-order valence-corrected chi connectivity index (χ0v) is 26.6. The number of ether oxygens (including phenoxy) is 1. The number of hydrogen-bond acceptors (Lipinski definition) is 16. The second-order valence-electron chi connectivity index (χ2n) is 10.0. The van der Waals surface area contributed by atoms with Gasteiger partial charge in [0.2, 0.25) is 11.2 Å². The van der Waals surface area contributed by atoms with Crippen molar-refractivity contribution in [2.45, 2.75) is 24.5 Å². The van der Waals surface area contributed by atoms with E-state index in [-0.39, 0.29) is 39.3 Å². The van der Waals surface area contributed by atoms with Crippen molar-refractivity contribution in [3.05, 3.63) is 77.5 Å². The highest BCUT2D eigenvalue weighted by Gasteiger charge is 2.47. The monoisotopic (exact) mass is 727 g/mol. The van der Waals surface area contributed by atoms with E-state index in [2.05, 4.69) is 28.1 Å². The molecule has 0 bridgehead atoms. The summed E-state index contributed by atoms with van der Waals surface area (Å²) in [5.74, 6) is -1.19. The molecule has 1 fully saturated rings. The van der Waals surface area contributed by atoms with Crippen molar-refractivity contribution in [2.75, 3.05) is 12.3 Å². The topological polar surface area (TPSA) is 298 Å². The Hall–Kier alpha value is -3.87. The summed E-state index contributed by atoms with van der Waals surface area (Å²) < 4.78 is 68.3. The third kappa shape index (κ3) is 6.97. The lowest BCUT2D eigenvalue weighted by Gasteiger charge is -2.20. The lowest BCUT2D eigenvalue weighted by atomic mass is 10.1. The van der Waals surface area contributed by atoms with E-state index in [0.717, 1.165) is 6.33 Å². The number of nitrogen functional groups attached to an aromatic ring is 1. The molecule has 1 saturated heterocycles. The predicted molar refractivity (Wildman–Crippen MR) is 162 cm³/mol. The van der Waals surface area contributed by atoms with Crippen LogP contribution in [0.5, 0.6) is 5.75 Å². The molecule has 7 atom stereocenters. The number of imidazole rings is 1. The van der Waals surface area contributed by atoms with Crippen LogP contribution in [-0.2, 0) is 31.6 Å². The van der Waals surface area contributed by atoms with Crippen molar-refractivity contribution < 1.29 is 65.4 Å². The lowest BCUT2D eigenvalue weighted by Crippen LogP contribution is -2.33. The first-order valence-corrected chi connectivity index (χ1v) is 17.9. The van der Waals surface area contributed by atoms with E-state index < -0.39 is 65.8 Å². The van der Waals surface area contributed by atoms with Gasteiger partial charge in [0.1, 0.15) is 35.7 Å². The summed E-state index contributed by atoms with van der Waals surface area (Å²) in [7, 11) is -17.4. The number of phosphoric ester groups is 2. The van der Waals surface area contributed by atoms with Gasteiger partial charge in [0.25, 0.3) is 0 Å².